The van der Waals surface area contributed by atoms with Gasteiger partial charge in [-0.15, -0.1) is 0 Å². The van der Waals surface area contributed by atoms with E-state index in [1.54, 1.807) is 24.3 Å². The first-order valence-corrected chi connectivity index (χ1v) is 9.54. The highest BCUT2D eigenvalue weighted by Gasteiger charge is 2.45. The van der Waals surface area contributed by atoms with Crippen molar-refractivity contribution in [1.29, 1.82) is 5.26 Å². The summed E-state index contributed by atoms with van der Waals surface area (Å²) in [4.78, 5) is 38.7. The third kappa shape index (κ3) is 3.63. The number of aliphatic hydroxyl groups excluding tert-OH is 1. The number of hydrogen-bond acceptors (Lipinski definition) is 7. The maximum Gasteiger partial charge on any atom is 0.308 e. The SMILES string of the molecule is CC(=O)Oc1ccc(C2C(C(=O)c3ccco3)=C(O)C(=O)N2c2ccc(C#N)cc2)cc1. The van der Waals surface area contributed by atoms with E-state index in [-0.39, 0.29) is 11.3 Å². The molecule has 1 aliphatic heterocycles. The second-order valence-electron chi connectivity index (χ2n) is 6.97. The zero-order valence-electron chi connectivity index (χ0n) is 16.8. The number of rotatable bonds is 5. The van der Waals surface area contributed by atoms with E-state index >= 15 is 0 Å². The Morgan fingerprint density at radius 2 is 1.78 bits per heavy atom. The van der Waals surface area contributed by atoms with Crippen LogP contribution in [-0.2, 0) is 9.59 Å². The van der Waals surface area contributed by atoms with Crippen molar-refractivity contribution in [2.24, 2.45) is 0 Å². The molecule has 1 unspecified atom stereocenters. The van der Waals surface area contributed by atoms with Crippen molar-refractivity contribution in [2.75, 3.05) is 4.90 Å². The van der Waals surface area contributed by atoms with E-state index in [1.165, 1.54) is 54.5 Å². The standard InChI is InChI=1S/C24H16N2O6/c1-14(27)32-18-10-6-16(7-11-18)21-20(22(28)19-3-2-12-31-19)23(29)24(30)26(21)17-8-4-15(13-25)5-9-17/h2-12,21,29H,1H3. The molecule has 2 aromatic carbocycles. The van der Waals surface area contributed by atoms with Crippen molar-refractivity contribution >= 4 is 23.3 Å². The van der Waals surface area contributed by atoms with Crippen LogP contribution in [0.3, 0.4) is 0 Å². The summed E-state index contributed by atoms with van der Waals surface area (Å²) in [6.45, 7) is 1.27. The van der Waals surface area contributed by atoms with Crippen molar-refractivity contribution in [3.05, 3.63) is 95.1 Å². The van der Waals surface area contributed by atoms with E-state index in [9.17, 15) is 19.5 Å². The van der Waals surface area contributed by atoms with Crippen LogP contribution in [0.1, 0.15) is 34.6 Å². The normalized spacial score (nSPS) is 15.6. The molecule has 0 aliphatic carbocycles. The quantitative estimate of drug-likeness (QED) is 0.372. The van der Waals surface area contributed by atoms with Gasteiger partial charge in [0.2, 0.25) is 5.78 Å². The van der Waals surface area contributed by atoms with Crippen LogP contribution in [0.15, 0.2) is 82.7 Å². The Hall–Kier alpha value is -4.64. The number of carbonyl (C=O) groups is 3. The predicted molar refractivity (Wildman–Crippen MR) is 112 cm³/mol. The van der Waals surface area contributed by atoms with Gasteiger partial charge in [-0.3, -0.25) is 19.3 Å². The summed E-state index contributed by atoms with van der Waals surface area (Å²) in [5, 5.41) is 19.7. The Morgan fingerprint density at radius 3 is 2.34 bits per heavy atom. The van der Waals surface area contributed by atoms with E-state index in [4.69, 9.17) is 14.4 Å². The lowest BCUT2D eigenvalue weighted by molar-refractivity contribution is -0.131. The highest BCUT2D eigenvalue weighted by molar-refractivity contribution is 6.20. The lowest BCUT2D eigenvalue weighted by Crippen LogP contribution is -2.31. The number of furan rings is 1. The molecule has 8 heteroatoms. The molecule has 0 saturated heterocycles. The molecule has 0 spiro atoms. The highest BCUT2D eigenvalue weighted by Crippen LogP contribution is 2.42. The maximum atomic E-state index is 13.1. The average Bonchev–Trinajstić information content (AvgIpc) is 3.41. The van der Waals surface area contributed by atoms with Gasteiger partial charge >= 0.3 is 5.97 Å². The van der Waals surface area contributed by atoms with Gasteiger partial charge in [-0.2, -0.15) is 5.26 Å². The lowest BCUT2D eigenvalue weighted by Gasteiger charge is -2.27. The smallest absolute Gasteiger partial charge is 0.308 e. The van der Waals surface area contributed by atoms with Gasteiger partial charge in [-0.05, 0) is 54.1 Å². The second kappa shape index (κ2) is 8.24. The fourth-order valence-electron chi connectivity index (χ4n) is 3.54. The summed E-state index contributed by atoms with van der Waals surface area (Å²) in [6, 6.07) is 16.4. The van der Waals surface area contributed by atoms with Crippen LogP contribution in [0.5, 0.6) is 5.75 Å². The summed E-state index contributed by atoms with van der Waals surface area (Å²) < 4.78 is 10.2. The Balaban J connectivity index is 1.82. The topological polar surface area (TPSA) is 121 Å². The predicted octanol–water partition coefficient (Wildman–Crippen LogP) is 3.86. The van der Waals surface area contributed by atoms with E-state index in [2.05, 4.69) is 0 Å². The van der Waals surface area contributed by atoms with Gasteiger partial charge in [-0.1, -0.05) is 12.1 Å². The van der Waals surface area contributed by atoms with Crippen molar-refractivity contribution in [3.8, 4) is 11.8 Å². The van der Waals surface area contributed by atoms with E-state index in [0.717, 1.165) is 0 Å². The minimum absolute atomic E-state index is 0.0254. The van der Waals surface area contributed by atoms with Crippen LogP contribution in [0.2, 0.25) is 0 Å². The molecule has 158 valence electrons. The first kappa shape index (κ1) is 20.6. The number of esters is 1. The van der Waals surface area contributed by atoms with Crippen molar-refractivity contribution in [3.63, 3.8) is 0 Å². The highest BCUT2D eigenvalue weighted by atomic mass is 16.5. The minimum atomic E-state index is -0.973. The number of benzene rings is 2. The van der Waals surface area contributed by atoms with Gasteiger partial charge in [-0.25, -0.2) is 0 Å². The number of nitrogens with zero attached hydrogens (tertiary/aromatic N) is 2. The minimum Gasteiger partial charge on any atom is -0.503 e. The van der Waals surface area contributed by atoms with Gasteiger partial charge in [0.25, 0.3) is 5.91 Å². The van der Waals surface area contributed by atoms with E-state index in [1.807, 2.05) is 6.07 Å². The molecule has 8 nitrogen and oxygen atoms in total. The first-order chi connectivity index (χ1) is 15.4. The molecule has 32 heavy (non-hydrogen) atoms. The first-order valence-electron chi connectivity index (χ1n) is 9.54. The number of hydrogen-bond donors (Lipinski definition) is 1. The lowest BCUT2D eigenvalue weighted by atomic mass is 9.94. The molecule has 2 heterocycles. The van der Waals surface area contributed by atoms with Crippen molar-refractivity contribution in [1.82, 2.24) is 0 Å². The fourth-order valence-corrected chi connectivity index (χ4v) is 3.54. The molecule has 1 amide bonds. The molecule has 3 aromatic rings. The number of ether oxygens (including phenoxy) is 1. The second-order valence-corrected chi connectivity index (χ2v) is 6.97. The van der Waals surface area contributed by atoms with Crippen LogP contribution in [0.4, 0.5) is 5.69 Å². The van der Waals surface area contributed by atoms with Crippen molar-refractivity contribution in [2.45, 2.75) is 13.0 Å². The van der Waals surface area contributed by atoms with E-state index < -0.39 is 29.5 Å². The number of amides is 1. The monoisotopic (exact) mass is 428 g/mol. The Morgan fingerprint density at radius 1 is 1.09 bits per heavy atom. The van der Waals surface area contributed by atoms with Crippen LogP contribution in [0, 0.1) is 11.3 Å². The van der Waals surface area contributed by atoms with Crippen LogP contribution >= 0.6 is 0 Å². The third-order valence-corrected chi connectivity index (χ3v) is 4.93. The largest absolute Gasteiger partial charge is 0.503 e. The van der Waals surface area contributed by atoms with Crippen LogP contribution in [-0.4, -0.2) is 22.8 Å². The molecule has 0 fully saturated rings. The van der Waals surface area contributed by atoms with Gasteiger partial charge in [0.1, 0.15) is 5.75 Å². The van der Waals surface area contributed by atoms with Gasteiger partial charge in [0.15, 0.2) is 11.5 Å². The molecule has 0 radical (unpaired) electrons. The van der Waals surface area contributed by atoms with Gasteiger partial charge in [0.05, 0.1) is 29.5 Å². The van der Waals surface area contributed by atoms with E-state index in [0.29, 0.717) is 22.6 Å². The average molecular weight is 428 g/mol. The number of Topliss-reactive ketones (excluding diaryl/α,β-unsaturated/α-hetero) is 1. The molecule has 0 bridgehead atoms. The number of aliphatic hydroxyl groups is 1. The molecule has 4 rings (SSSR count). The molecule has 1 aromatic heterocycles. The van der Waals surface area contributed by atoms with Gasteiger partial charge in [0, 0.05) is 12.6 Å². The zero-order valence-corrected chi connectivity index (χ0v) is 16.8. The number of ketones is 1. The molecule has 0 saturated carbocycles. The molecular weight excluding hydrogens is 412 g/mol. The summed E-state index contributed by atoms with van der Waals surface area (Å²) in [6.07, 6.45) is 1.32. The fraction of sp³-hybridized carbons (Fsp3) is 0.0833. The Bertz CT molecular complexity index is 1270. The summed E-state index contributed by atoms with van der Waals surface area (Å²) in [5.74, 6) is -2.31. The number of nitriles is 1. The molecule has 1 N–H and O–H groups in total. The summed E-state index contributed by atoms with van der Waals surface area (Å²) in [7, 11) is 0. The zero-order chi connectivity index (χ0) is 22.8. The Kier molecular flexibility index (Phi) is 5.31. The van der Waals surface area contributed by atoms with Crippen LogP contribution < -0.4 is 9.64 Å². The molecule has 1 aliphatic rings. The summed E-state index contributed by atoms with van der Waals surface area (Å²) in [5.41, 5.74) is 1.13. The number of carbonyl (C=O) groups excluding carboxylic acids is 3. The van der Waals surface area contributed by atoms with Crippen molar-refractivity contribution < 1.29 is 28.6 Å². The Labute approximate surface area is 182 Å². The maximum absolute atomic E-state index is 13.1. The number of anilines is 1. The molecule has 1 atom stereocenters. The third-order valence-electron chi connectivity index (χ3n) is 4.93. The summed E-state index contributed by atoms with van der Waals surface area (Å²) >= 11 is 0. The van der Waals surface area contributed by atoms with Crippen LogP contribution in [0.25, 0.3) is 0 Å². The van der Waals surface area contributed by atoms with Gasteiger partial charge < -0.3 is 14.3 Å². The molecular formula is C24H16N2O6.